The highest BCUT2D eigenvalue weighted by atomic mass is 35.5. The van der Waals surface area contributed by atoms with Crippen molar-refractivity contribution in [1.82, 2.24) is 0 Å². The molecule has 7 nitrogen and oxygen atoms in total. The van der Waals surface area contributed by atoms with E-state index in [1.807, 2.05) is 38.1 Å². The molecule has 1 amide bonds. The third kappa shape index (κ3) is 6.19. The van der Waals surface area contributed by atoms with E-state index in [1.54, 1.807) is 30.3 Å². The molecule has 0 aliphatic carbocycles. The lowest BCUT2D eigenvalue weighted by Crippen LogP contribution is -2.14. The summed E-state index contributed by atoms with van der Waals surface area (Å²) in [7, 11) is 0. The van der Waals surface area contributed by atoms with Crippen molar-refractivity contribution in [2.75, 3.05) is 5.32 Å². The first-order valence-corrected chi connectivity index (χ1v) is 10.3. The second kappa shape index (κ2) is 10.4. The molecule has 33 heavy (non-hydrogen) atoms. The minimum Gasteiger partial charge on any atom is -0.488 e. The Morgan fingerprint density at radius 1 is 1.15 bits per heavy atom. The van der Waals surface area contributed by atoms with Gasteiger partial charge in [0.2, 0.25) is 0 Å². The van der Waals surface area contributed by atoms with Crippen molar-refractivity contribution in [2.24, 2.45) is 0 Å². The number of nitro groups is 1. The molecule has 0 unspecified atom stereocenters. The van der Waals surface area contributed by atoms with E-state index >= 15 is 0 Å². The van der Waals surface area contributed by atoms with Crippen LogP contribution in [-0.2, 0) is 11.4 Å². The maximum absolute atomic E-state index is 12.7. The van der Waals surface area contributed by atoms with Crippen LogP contribution in [0.3, 0.4) is 0 Å². The first-order valence-electron chi connectivity index (χ1n) is 9.93. The first kappa shape index (κ1) is 23.5. The Morgan fingerprint density at radius 3 is 2.55 bits per heavy atom. The molecule has 0 spiro atoms. The van der Waals surface area contributed by atoms with Crippen molar-refractivity contribution in [3.8, 4) is 11.8 Å². The van der Waals surface area contributed by atoms with Gasteiger partial charge in [-0.2, -0.15) is 5.26 Å². The lowest BCUT2D eigenvalue weighted by atomic mass is 10.1. The summed E-state index contributed by atoms with van der Waals surface area (Å²) >= 11 is 6.12. The molecule has 0 aliphatic rings. The van der Waals surface area contributed by atoms with E-state index in [9.17, 15) is 20.2 Å². The number of nitrogens with zero attached hydrogens (tertiary/aromatic N) is 2. The number of carbonyl (C=O) groups excluding carboxylic acids is 1. The van der Waals surface area contributed by atoms with Crippen LogP contribution in [0.4, 0.5) is 11.4 Å². The van der Waals surface area contributed by atoms with Crippen LogP contribution in [0.2, 0.25) is 5.02 Å². The van der Waals surface area contributed by atoms with Crippen LogP contribution in [-0.4, -0.2) is 10.8 Å². The number of halogens is 1. The van der Waals surface area contributed by atoms with E-state index in [4.69, 9.17) is 16.3 Å². The number of hydrogen-bond donors (Lipinski definition) is 1. The van der Waals surface area contributed by atoms with Gasteiger partial charge in [-0.05, 0) is 73.0 Å². The highest BCUT2D eigenvalue weighted by molar-refractivity contribution is 6.30. The second-order valence-corrected chi connectivity index (χ2v) is 7.77. The van der Waals surface area contributed by atoms with Gasteiger partial charge in [0.25, 0.3) is 11.6 Å². The van der Waals surface area contributed by atoms with Crippen LogP contribution in [0.5, 0.6) is 5.75 Å². The molecule has 0 aliphatic heterocycles. The Labute approximate surface area is 196 Å². The van der Waals surface area contributed by atoms with Crippen molar-refractivity contribution in [3.63, 3.8) is 0 Å². The zero-order valence-corrected chi connectivity index (χ0v) is 18.7. The number of ether oxygens (including phenoxy) is 1. The minimum atomic E-state index is -0.549. The van der Waals surface area contributed by atoms with Gasteiger partial charge in [0.05, 0.1) is 4.92 Å². The Morgan fingerprint density at radius 2 is 1.88 bits per heavy atom. The minimum absolute atomic E-state index is 0.0117. The zero-order chi connectivity index (χ0) is 24.0. The van der Waals surface area contributed by atoms with E-state index in [0.717, 1.165) is 16.7 Å². The van der Waals surface area contributed by atoms with Gasteiger partial charge in [-0.1, -0.05) is 23.7 Å². The molecule has 0 atom stereocenters. The molecule has 0 bridgehead atoms. The Bertz CT molecular complexity index is 1280. The number of nitrogens with one attached hydrogen (secondary N) is 1. The third-order valence-corrected chi connectivity index (χ3v) is 5.05. The van der Waals surface area contributed by atoms with Gasteiger partial charge in [-0.25, -0.2) is 0 Å². The Kier molecular flexibility index (Phi) is 7.44. The van der Waals surface area contributed by atoms with E-state index < -0.39 is 10.8 Å². The van der Waals surface area contributed by atoms with Crippen molar-refractivity contribution < 1.29 is 14.5 Å². The molecular formula is C25H20ClN3O4. The monoisotopic (exact) mass is 461 g/mol. The molecule has 3 aromatic rings. The molecular weight excluding hydrogens is 442 g/mol. The number of non-ortho nitro benzene ring substituents is 1. The molecule has 3 rings (SSSR count). The highest BCUT2D eigenvalue weighted by Crippen LogP contribution is 2.27. The average molecular weight is 462 g/mol. The summed E-state index contributed by atoms with van der Waals surface area (Å²) in [5, 5.41) is 23.6. The molecule has 0 saturated carbocycles. The summed E-state index contributed by atoms with van der Waals surface area (Å²) in [4.78, 5) is 23.1. The van der Waals surface area contributed by atoms with Crippen molar-refractivity contribution >= 4 is 35.0 Å². The van der Waals surface area contributed by atoms with E-state index in [2.05, 4.69) is 5.32 Å². The zero-order valence-electron chi connectivity index (χ0n) is 18.0. The molecule has 1 N–H and O–H groups in total. The average Bonchev–Trinajstić information content (AvgIpc) is 2.79. The number of anilines is 1. The summed E-state index contributed by atoms with van der Waals surface area (Å²) in [5.74, 6) is -0.141. The number of benzene rings is 3. The topological polar surface area (TPSA) is 105 Å². The predicted octanol–water partition coefficient (Wildman–Crippen LogP) is 5.99. The van der Waals surface area contributed by atoms with Crippen LogP contribution >= 0.6 is 11.6 Å². The van der Waals surface area contributed by atoms with Crippen molar-refractivity contribution in [1.29, 1.82) is 5.26 Å². The molecule has 0 radical (unpaired) electrons. The molecule has 0 fully saturated rings. The van der Waals surface area contributed by atoms with Crippen LogP contribution < -0.4 is 10.1 Å². The number of nitro benzene ring substituents is 1. The van der Waals surface area contributed by atoms with E-state index in [1.165, 1.54) is 18.2 Å². The van der Waals surface area contributed by atoms with E-state index in [-0.39, 0.29) is 17.9 Å². The first-order chi connectivity index (χ1) is 15.8. The Balaban J connectivity index is 1.82. The number of hydrogen-bond acceptors (Lipinski definition) is 5. The number of carbonyl (C=O) groups is 1. The summed E-state index contributed by atoms with van der Waals surface area (Å²) in [6, 6.07) is 18.4. The number of nitriles is 1. The molecule has 0 heterocycles. The smallest absolute Gasteiger partial charge is 0.269 e. The number of rotatable bonds is 7. The van der Waals surface area contributed by atoms with Gasteiger partial charge in [-0.15, -0.1) is 0 Å². The van der Waals surface area contributed by atoms with Crippen LogP contribution in [0, 0.1) is 35.3 Å². The normalized spacial score (nSPS) is 10.9. The molecule has 166 valence electrons. The second-order valence-electron chi connectivity index (χ2n) is 7.34. The maximum atomic E-state index is 12.7. The maximum Gasteiger partial charge on any atom is 0.269 e. The fraction of sp³-hybridized carbons (Fsp3) is 0.120. The quantitative estimate of drug-likeness (QED) is 0.201. The highest BCUT2D eigenvalue weighted by Gasteiger charge is 2.13. The molecule has 0 saturated heterocycles. The fourth-order valence-electron chi connectivity index (χ4n) is 3.00. The van der Waals surface area contributed by atoms with Crippen LogP contribution in [0.25, 0.3) is 6.08 Å². The SMILES string of the molecule is Cc1ccc(C)c(NC(=O)/C(C#N)=C/c2cc(Cl)ccc2OCc2ccc([N+](=O)[O-])cc2)c1. The largest absolute Gasteiger partial charge is 0.488 e. The van der Waals surface area contributed by atoms with Gasteiger partial charge in [0.1, 0.15) is 24.0 Å². The summed E-state index contributed by atoms with van der Waals surface area (Å²) in [5.41, 5.74) is 3.54. The van der Waals surface area contributed by atoms with Gasteiger partial charge in [0, 0.05) is 28.4 Å². The predicted molar refractivity (Wildman–Crippen MR) is 127 cm³/mol. The summed E-state index contributed by atoms with van der Waals surface area (Å²) in [6.07, 6.45) is 1.41. The Hall–Kier alpha value is -4.15. The van der Waals surface area contributed by atoms with E-state index in [0.29, 0.717) is 22.0 Å². The molecule has 0 aromatic heterocycles. The standard InChI is InChI=1S/C25H20ClN3O4/c1-16-3-4-17(2)23(11-16)28-25(30)20(14-27)12-19-13-21(26)7-10-24(19)33-15-18-5-8-22(9-6-18)29(31)32/h3-13H,15H2,1-2H3,(H,28,30)/b20-12+. The summed E-state index contributed by atoms with van der Waals surface area (Å²) < 4.78 is 5.84. The fourth-order valence-corrected chi connectivity index (χ4v) is 3.18. The molecule has 8 heteroatoms. The third-order valence-electron chi connectivity index (χ3n) is 4.82. The van der Waals surface area contributed by atoms with Crippen molar-refractivity contribution in [2.45, 2.75) is 20.5 Å². The lowest BCUT2D eigenvalue weighted by Gasteiger charge is -2.11. The lowest BCUT2D eigenvalue weighted by molar-refractivity contribution is -0.384. The van der Waals surface area contributed by atoms with Gasteiger partial charge in [-0.3, -0.25) is 14.9 Å². The number of amides is 1. The van der Waals surface area contributed by atoms with Gasteiger partial charge >= 0.3 is 0 Å². The van der Waals surface area contributed by atoms with Gasteiger partial charge in [0.15, 0.2) is 0 Å². The van der Waals surface area contributed by atoms with Crippen molar-refractivity contribution in [3.05, 3.63) is 104 Å². The van der Waals surface area contributed by atoms with Gasteiger partial charge < -0.3 is 10.1 Å². The number of aryl methyl sites for hydroxylation is 2. The molecule has 3 aromatic carbocycles. The van der Waals surface area contributed by atoms with Crippen LogP contribution in [0.15, 0.2) is 66.2 Å². The van der Waals surface area contributed by atoms with Crippen LogP contribution in [0.1, 0.15) is 22.3 Å². The summed E-state index contributed by atoms with van der Waals surface area (Å²) in [6.45, 7) is 3.92.